The van der Waals surface area contributed by atoms with E-state index in [4.69, 9.17) is 28.2 Å². The summed E-state index contributed by atoms with van der Waals surface area (Å²) in [6.07, 6.45) is 0.504. The molecule has 1 heterocycles. The zero-order chi connectivity index (χ0) is 29.1. The first-order chi connectivity index (χ1) is 20.4. The van der Waals surface area contributed by atoms with Crippen molar-refractivity contribution in [2.45, 2.75) is 13.0 Å². The molecule has 0 aliphatic carbocycles. The number of nitrogens with one attached hydrogen (secondary N) is 1. The normalized spacial score (nSPS) is 11.0. The van der Waals surface area contributed by atoms with Crippen molar-refractivity contribution < 1.29 is 4.79 Å². The van der Waals surface area contributed by atoms with E-state index in [0.717, 1.165) is 22.3 Å². The van der Waals surface area contributed by atoms with Gasteiger partial charge in [0.25, 0.3) is 11.5 Å². The molecule has 0 saturated carbocycles. The number of benzene rings is 5. The lowest BCUT2D eigenvalue weighted by molar-refractivity contribution is 0.102. The largest absolute Gasteiger partial charge is 0.322 e. The van der Waals surface area contributed by atoms with E-state index in [0.29, 0.717) is 51.0 Å². The summed E-state index contributed by atoms with van der Waals surface area (Å²) in [7, 11) is 0. The summed E-state index contributed by atoms with van der Waals surface area (Å²) in [6.45, 7) is 0.353. The van der Waals surface area contributed by atoms with Crippen molar-refractivity contribution in [3.05, 3.63) is 164 Å². The molecular formula is C35H25Cl2N3O2. The molecule has 0 saturated heterocycles. The summed E-state index contributed by atoms with van der Waals surface area (Å²) in [5.74, 6) is 0.374. The SMILES string of the molecule is O=C(Nc1ccc2nc(Cc3ccccc3)n(Cc3ccc(-c4ccc(Cl)cc4)cc3)c(=O)c2c1)c1ccc(Cl)cc1. The number of carbonyl (C=O) groups excluding carboxylic acids is 1. The van der Waals surface area contributed by atoms with Gasteiger partial charge in [0.05, 0.1) is 17.4 Å². The van der Waals surface area contributed by atoms with Gasteiger partial charge in [-0.15, -0.1) is 0 Å². The third-order valence-corrected chi connectivity index (χ3v) is 7.58. The van der Waals surface area contributed by atoms with Crippen molar-refractivity contribution in [1.82, 2.24) is 9.55 Å². The van der Waals surface area contributed by atoms with Crippen LogP contribution in [0.25, 0.3) is 22.0 Å². The number of fused-ring (bicyclic) bond motifs is 1. The highest BCUT2D eigenvalue weighted by Crippen LogP contribution is 2.23. The lowest BCUT2D eigenvalue weighted by Crippen LogP contribution is -2.26. The molecule has 0 unspecified atom stereocenters. The third-order valence-electron chi connectivity index (χ3n) is 7.07. The van der Waals surface area contributed by atoms with Crippen LogP contribution in [0.2, 0.25) is 10.0 Å². The third kappa shape index (κ3) is 6.13. The fraction of sp³-hybridized carbons (Fsp3) is 0.0571. The van der Waals surface area contributed by atoms with Crippen LogP contribution in [0.15, 0.2) is 126 Å². The summed E-state index contributed by atoms with van der Waals surface area (Å²) in [5.41, 5.74) is 5.53. The number of amides is 1. The highest BCUT2D eigenvalue weighted by Gasteiger charge is 2.15. The molecule has 206 valence electrons. The number of hydrogen-bond acceptors (Lipinski definition) is 3. The van der Waals surface area contributed by atoms with Crippen molar-refractivity contribution in [3.63, 3.8) is 0 Å². The van der Waals surface area contributed by atoms with Gasteiger partial charge in [-0.1, -0.05) is 89.9 Å². The van der Waals surface area contributed by atoms with Gasteiger partial charge in [0, 0.05) is 27.7 Å². The smallest absolute Gasteiger partial charge is 0.261 e. The zero-order valence-corrected chi connectivity index (χ0v) is 23.9. The Balaban J connectivity index is 1.35. The molecule has 42 heavy (non-hydrogen) atoms. The Morgan fingerprint density at radius 1 is 0.714 bits per heavy atom. The summed E-state index contributed by atoms with van der Waals surface area (Å²) in [6, 6.07) is 37.6. The molecule has 0 bridgehead atoms. The lowest BCUT2D eigenvalue weighted by atomic mass is 10.0. The van der Waals surface area contributed by atoms with Crippen molar-refractivity contribution in [1.29, 1.82) is 0 Å². The van der Waals surface area contributed by atoms with Crippen molar-refractivity contribution >= 4 is 45.7 Å². The minimum atomic E-state index is -0.291. The first-order valence-corrected chi connectivity index (χ1v) is 14.2. The van der Waals surface area contributed by atoms with Gasteiger partial charge in [-0.05, 0) is 76.9 Å². The van der Waals surface area contributed by atoms with Crippen LogP contribution < -0.4 is 10.9 Å². The molecule has 0 fully saturated rings. The number of aromatic nitrogens is 2. The second kappa shape index (κ2) is 12.0. The van der Waals surface area contributed by atoms with Crippen LogP contribution in [-0.2, 0) is 13.0 Å². The Bertz CT molecular complexity index is 1940. The zero-order valence-electron chi connectivity index (χ0n) is 22.4. The number of rotatable bonds is 7. The Kier molecular flexibility index (Phi) is 7.87. The number of anilines is 1. The Labute approximate surface area is 253 Å². The second-order valence-corrected chi connectivity index (χ2v) is 10.9. The minimum Gasteiger partial charge on any atom is -0.322 e. The highest BCUT2D eigenvalue weighted by atomic mass is 35.5. The maximum absolute atomic E-state index is 14.0. The highest BCUT2D eigenvalue weighted by molar-refractivity contribution is 6.31. The molecule has 0 aliphatic rings. The van der Waals surface area contributed by atoms with E-state index in [1.807, 2.05) is 78.9 Å². The minimum absolute atomic E-state index is 0.171. The fourth-order valence-corrected chi connectivity index (χ4v) is 5.11. The molecule has 0 atom stereocenters. The second-order valence-electron chi connectivity index (χ2n) is 9.98. The molecule has 5 nitrogen and oxygen atoms in total. The maximum Gasteiger partial charge on any atom is 0.261 e. The van der Waals surface area contributed by atoms with Crippen molar-refractivity contribution in [2.24, 2.45) is 0 Å². The number of carbonyl (C=O) groups is 1. The van der Waals surface area contributed by atoms with E-state index in [1.54, 1.807) is 47.0 Å². The molecular weight excluding hydrogens is 565 g/mol. The van der Waals surface area contributed by atoms with E-state index < -0.39 is 0 Å². The van der Waals surface area contributed by atoms with E-state index in [1.165, 1.54) is 0 Å². The molecule has 0 radical (unpaired) electrons. The van der Waals surface area contributed by atoms with Gasteiger partial charge in [0.1, 0.15) is 5.82 Å². The molecule has 6 rings (SSSR count). The Morgan fingerprint density at radius 2 is 1.33 bits per heavy atom. The van der Waals surface area contributed by atoms with Crippen LogP contribution in [0.3, 0.4) is 0 Å². The molecule has 0 spiro atoms. The first kappa shape index (κ1) is 27.5. The van der Waals surface area contributed by atoms with Gasteiger partial charge in [-0.25, -0.2) is 4.98 Å². The Morgan fingerprint density at radius 3 is 2.00 bits per heavy atom. The number of halogens is 2. The summed E-state index contributed by atoms with van der Waals surface area (Å²) >= 11 is 12.0. The van der Waals surface area contributed by atoms with Crippen LogP contribution in [0, 0.1) is 0 Å². The van der Waals surface area contributed by atoms with Gasteiger partial charge in [0.2, 0.25) is 0 Å². The van der Waals surface area contributed by atoms with E-state index in [9.17, 15) is 9.59 Å². The topological polar surface area (TPSA) is 64.0 Å². The summed E-state index contributed by atoms with van der Waals surface area (Å²) < 4.78 is 1.72. The maximum atomic E-state index is 14.0. The average Bonchev–Trinajstić information content (AvgIpc) is 3.01. The van der Waals surface area contributed by atoms with E-state index in [-0.39, 0.29) is 11.5 Å². The van der Waals surface area contributed by atoms with Crippen LogP contribution in [-0.4, -0.2) is 15.5 Å². The molecule has 0 aliphatic heterocycles. The molecule has 5 aromatic carbocycles. The summed E-state index contributed by atoms with van der Waals surface area (Å²) in [5, 5.41) is 4.55. The fourth-order valence-electron chi connectivity index (χ4n) is 4.85. The molecule has 1 amide bonds. The van der Waals surface area contributed by atoms with Crippen molar-refractivity contribution in [2.75, 3.05) is 5.32 Å². The van der Waals surface area contributed by atoms with Gasteiger partial charge >= 0.3 is 0 Å². The van der Waals surface area contributed by atoms with Gasteiger partial charge in [-0.3, -0.25) is 14.2 Å². The van der Waals surface area contributed by atoms with E-state index >= 15 is 0 Å². The molecule has 7 heteroatoms. The first-order valence-electron chi connectivity index (χ1n) is 13.4. The average molecular weight is 591 g/mol. The number of hydrogen-bond donors (Lipinski definition) is 1. The quantitative estimate of drug-likeness (QED) is 0.204. The van der Waals surface area contributed by atoms with Crippen LogP contribution in [0.4, 0.5) is 5.69 Å². The van der Waals surface area contributed by atoms with Gasteiger partial charge in [-0.2, -0.15) is 0 Å². The monoisotopic (exact) mass is 589 g/mol. The van der Waals surface area contributed by atoms with E-state index in [2.05, 4.69) is 5.32 Å². The van der Waals surface area contributed by atoms with Crippen LogP contribution >= 0.6 is 23.2 Å². The molecule has 6 aromatic rings. The standard InChI is InChI=1S/C35H25Cl2N3O2/c36-28-14-10-26(11-15-28)25-8-6-24(7-9-25)22-40-33(20-23-4-2-1-3-5-23)39-32-19-18-30(21-31(32)35(40)42)38-34(41)27-12-16-29(37)17-13-27/h1-19,21H,20,22H2,(H,38,41). The summed E-state index contributed by atoms with van der Waals surface area (Å²) in [4.78, 5) is 31.7. The Hall–Kier alpha value is -4.71. The van der Waals surface area contributed by atoms with Gasteiger partial charge < -0.3 is 5.32 Å². The predicted octanol–water partition coefficient (Wildman–Crippen LogP) is 8.26. The van der Waals surface area contributed by atoms with Crippen LogP contribution in [0.1, 0.15) is 27.3 Å². The molecule has 1 aromatic heterocycles. The molecule has 1 N–H and O–H groups in total. The predicted molar refractivity (Wildman–Crippen MR) is 171 cm³/mol. The van der Waals surface area contributed by atoms with Crippen molar-refractivity contribution in [3.8, 4) is 11.1 Å². The number of nitrogens with zero attached hydrogens (tertiary/aromatic N) is 2. The lowest BCUT2D eigenvalue weighted by Gasteiger charge is -2.15. The van der Waals surface area contributed by atoms with Gasteiger partial charge in [0.15, 0.2) is 0 Å². The van der Waals surface area contributed by atoms with Crippen LogP contribution in [0.5, 0.6) is 0 Å².